The highest BCUT2D eigenvalue weighted by Gasteiger charge is 2.31. The Morgan fingerprint density at radius 1 is 1.35 bits per heavy atom. The number of methoxy groups -OCH3 is 2. The zero-order chi connectivity index (χ0) is 15.3. The fourth-order valence-electron chi connectivity index (χ4n) is 1.92. The van der Waals surface area contributed by atoms with Crippen LogP contribution in [0.15, 0.2) is 12.1 Å². The van der Waals surface area contributed by atoms with E-state index in [1.54, 1.807) is 12.1 Å². The quantitative estimate of drug-likeness (QED) is 0.832. The molecule has 0 aliphatic heterocycles. The Morgan fingerprint density at radius 2 is 1.85 bits per heavy atom. The first kappa shape index (κ1) is 16.2. The first-order valence-electron chi connectivity index (χ1n) is 6.42. The van der Waals surface area contributed by atoms with Crippen molar-refractivity contribution in [1.29, 1.82) is 0 Å². The molecule has 1 amide bonds. The molecule has 2 N–H and O–H groups in total. The van der Waals surface area contributed by atoms with E-state index in [0.29, 0.717) is 23.9 Å². The fourth-order valence-corrected chi connectivity index (χ4v) is 1.92. The Balaban J connectivity index is 2.89. The molecule has 6 heteroatoms. The SMILES string of the molecule is COc1cc(NC(=O)C(C)(O)CC(C)C)cc(OC)n1. The molecule has 0 radical (unpaired) electrons. The van der Waals surface area contributed by atoms with E-state index < -0.39 is 11.5 Å². The minimum absolute atomic E-state index is 0.206. The highest BCUT2D eigenvalue weighted by Crippen LogP contribution is 2.24. The lowest BCUT2D eigenvalue weighted by atomic mass is 9.93. The van der Waals surface area contributed by atoms with Crippen LogP contribution in [0.4, 0.5) is 5.69 Å². The maximum atomic E-state index is 12.1. The van der Waals surface area contributed by atoms with Gasteiger partial charge < -0.3 is 19.9 Å². The molecule has 1 rings (SSSR count). The summed E-state index contributed by atoms with van der Waals surface area (Å²) in [5.41, 5.74) is -0.972. The van der Waals surface area contributed by atoms with Crippen LogP contribution in [-0.4, -0.2) is 35.8 Å². The Kier molecular flexibility index (Phi) is 5.33. The lowest BCUT2D eigenvalue weighted by Gasteiger charge is -2.24. The Bertz CT molecular complexity index is 450. The van der Waals surface area contributed by atoms with E-state index in [9.17, 15) is 9.90 Å². The molecule has 1 heterocycles. The van der Waals surface area contributed by atoms with Gasteiger partial charge in [0.15, 0.2) is 0 Å². The van der Waals surface area contributed by atoms with Crippen molar-refractivity contribution in [2.75, 3.05) is 19.5 Å². The number of aromatic nitrogens is 1. The van der Waals surface area contributed by atoms with Crippen LogP contribution >= 0.6 is 0 Å². The van der Waals surface area contributed by atoms with Gasteiger partial charge in [0.25, 0.3) is 5.91 Å². The molecule has 1 aromatic rings. The molecule has 1 aromatic heterocycles. The molecule has 0 spiro atoms. The summed E-state index contributed by atoms with van der Waals surface area (Å²) in [5.74, 6) is 0.380. The monoisotopic (exact) mass is 282 g/mol. The molecule has 1 unspecified atom stereocenters. The molecule has 112 valence electrons. The average molecular weight is 282 g/mol. The molecule has 0 saturated carbocycles. The van der Waals surface area contributed by atoms with Gasteiger partial charge in [-0.3, -0.25) is 4.79 Å². The lowest BCUT2D eigenvalue weighted by molar-refractivity contribution is -0.133. The number of nitrogens with zero attached hydrogens (tertiary/aromatic N) is 1. The van der Waals surface area contributed by atoms with E-state index >= 15 is 0 Å². The van der Waals surface area contributed by atoms with Crippen LogP contribution in [-0.2, 0) is 4.79 Å². The standard InChI is InChI=1S/C14H22N2O4/c1-9(2)8-14(3,18)13(17)15-10-6-11(19-4)16-12(7-10)20-5/h6-7,9,18H,8H2,1-5H3,(H,15,16,17). The number of ether oxygens (including phenoxy) is 2. The largest absolute Gasteiger partial charge is 0.481 e. The van der Waals surface area contributed by atoms with E-state index in [0.717, 1.165) is 0 Å². The predicted molar refractivity (Wildman–Crippen MR) is 76.0 cm³/mol. The van der Waals surface area contributed by atoms with E-state index in [-0.39, 0.29) is 5.92 Å². The fraction of sp³-hybridized carbons (Fsp3) is 0.571. The van der Waals surface area contributed by atoms with Crippen LogP contribution in [0.5, 0.6) is 11.8 Å². The molecule has 0 aliphatic carbocycles. The summed E-state index contributed by atoms with van der Waals surface area (Å²) in [5, 5.41) is 12.8. The van der Waals surface area contributed by atoms with Gasteiger partial charge in [0.05, 0.1) is 19.9 Å². The maximum Gasteiger partial charge on any atom is 0.256 e. The minimum atomic E-state index is -1.43. The van der Waals surface area contributed by atoms with Crippen LogP contribution < -0.4 is 14.8 Å². The number of amides is 1. The van der Waals surface area contributed by atoms with E-state index in [2.05, 4.69) is 10.3 Å². The van der Waals surface area contributed by atoms with Gasteiger partial charge in [0.1, 0.15) is 5.60 Å². The minimum Gasteiger partial charge on any atom is -0.481 e. The van der Waals surface area contributed by atoms with Gasteiger partial charge in [-0.05, 0) is 19.3 Å². The molecule has 0 fully saturated rings. The van der Waals surface area contributed by atoms with E-state index in [1.807, 2.05) is 13.8 Å². The molecule has 6 nitrogen and oxygen atoms in total. The van der Waals surface area contributed by atoms with Crippen LogP contribution in [0.2, 0.25) is 0 Å². The summed E-state index contributed by atoms with van der Waals surface area (Å²) in [7, 11) is 2.95. The van der Waals surface area contributed by atoms with Crippen molar-refractivity contribution in [1.82, 2.24) is 4.98 Å². The van der Waals surface area contributed by atoms with Crippen molar-refractivity contribution in [3.8, 4) is 11.8 Å². The third-order valence-electron chi connectivity index (χ3n) is 2.75. The summed E-state index contributed by atoms with van der Waals surface area (Å²) in [6.45, 7) is 5.39. The Morgan fingerprint density at radius 3 is 2.25 bits per heavy atom. The zero-order valence-corrected chi connectivity index (χ0v) is 12.6. The number of nitrogens with one attached hydrogen (secondary N) is 1. The number of carbonyl (C=O) groups is 1. The second-order valence-corrected chi connectivity index (χ2v) is 5.27. The van der Waals surface area contributed by atoms with Crippen molar-refractivity contribution in [2.24, 2.45) is 5.92 Å². The second kappa shape index (κ2) is 6.56. The van der Waals surface area contributed by atoms with Crippen LogP contribution in [0.3, 0.4) is 0 Å². The lowest BCUT2D eigenvalue weighted by Crippen LogP contribution is -2.41. The smallest absolute Gasteiger partial charge is 0.256 e. The van der Waals surface area contributed by atoms with Crippen molar-refractivity contribution < 1.29 is 19.4 Å². The predicted octanol–water partition coefficient (Wildman–Crippen LogP) is 1.83. The van der Waals surface area contributed by atoms with Crippen molar-refractivity contribution in [2.45, 2.75) is 32.8 Å². The van der Waals surface area contributed by atoms with Gasteiger partial charge in [-0.25, -0.2) is 0 Å². The Hall–Kier alpha value is -1.82. The van der Waals surface area contributed by atoms with Crippen molar-refractivity contribution in [3.63, 3.8) is 0 Å². The zero-order valence-electron chi connectivity index (χ0n) is 12.6. The summed E-state index contributed by atoms with van der Waals surface area (Å²) >= 11 is 0. The molecule has 20 heavy (non-hydrogen) atoms. The molecular formula is C14H22N2O4. The van der Waals surface area contributed by atoms with Crippen molar-refractivity contribution in [3.05, 3.63) is 12.1 Å². The van der Waals surface area contributed by atoms with E-state index in [1.165, 1.54) is 21.1 Å². The van der Waals surface area contributed by atoms with Gasteiger partial charge in [-0.1, -0.05) is 13.8 Å². The topological polar surface area (TPSA) is 80.7 Å². The number of rotatable bonds is 6. The number of carbonyl (C=O) groups excluding carboxylic acids is 1. The van der Waals surface area contributed by atoms with Gasteiger partial charge in [0.2, 0.25) is 11.8 Å². The number of pyridine rings is 1. The third-order valence-corrected chi connectivity index (χ3v) is 2.75. The van der Waals surface area contributed by atoms with Gasteiger partial charge in [0, 0.05) is 12.1 Å². The number of aliphatic hydroxyl groups is 1. The maximum absolute atomic E-state index is 12.1. The van der Waals surface area contributed by atoms with Crippen LogP contribution in [0.25, 0.3) is 0 Å². The van der Waals surface area contributed by atoms with Gasteiger partial charge in [-0.15, -0.1) is 0 Å². The molecule has 0 bridgehead atoms. The molecule has 0 aliphatic rings. The summed E-state index contributed by atoms with van der Waals surface area (Å²) in [6.07, 6.45) is 0.373. The number of anilines is 1. The summed E-state index contributed by atoms with van der Waals surface area (Å²) in [6, 6.07) is 3.12. The normalized spacial score (nSPS) is 13.8. The highest BCUT2D eigenvalue weighted by atomic mass is 16.5. The molecule has 1 atom stereocenters. The van der Waals surface area contributed by atoms with Crippen LogP contribution in [0.1, 0.15) is 27.2 Å². The summed E-state index contributed by atoms with van der Waals surface area (Å²) in [4.78, 5) is 16.1. The molecular weight excluding hydrogens is 260 g/mol. The second-order valence-electron chi connectivity index (χ2n) is 5.27. The first-order chi connectivity index (χ1) is 9.28. The van der Waals surface area contributed by atoms with Crippen LogP contribution in [0, 0.1) is 5.92 Å². The molecule has 0 aromatic carbocycles. The third kappa shape index (κ3) is 4.38. The summed E-state index contributed by atoms with van der Waals surface area (Å²) < 4.78 is 10.0. The average Bonchev–Trinajstić information content (AvgIpc) is 2.36. The highest BCUT2D eigenvalue weighted by molar-refractivity contribution is 5.97. The number of hydrogen-bond acceptors (Lipinski definition) is 5. The first-order valence-corrected chi connectivity index (χ1v) is 6.42. The van der Waals surface area contributed by atoms with E-state index in [4.69, 9.17) is 9.47 Å². The van der Waals surface area contributed by atoms with Crippen molar-refractivity contribution >= 4 is 11.6 Å². The van der Waals surface area contributed by atoms with Gasteiger partial charge >= 0.3 is 0 Å². The van der Waals surface area contributed by atoms with Gasteiger partial charge in [-0.2, -0.15) is 4.98 Å². The molecule has 0 saturated heterocycles. The number of hydrogen-bond donors (Lipinski definition) is 2. The Labute approximate surface area is 119 Å².